The van der Waals surface area contributed by atoms with Gasteiger partial charge in [0.1, 0.15) is 0 Å². The molecule has 0 aliphatic heterocycles. The number of hydrogen-bond donors (Lipinski definition) is 0. The third kappa shape index (κ3) is 3.55. The van der Waals surface area contributed by atoms with E-state index in [-0.39, 0.29) is 5.97 Å². The van der Waals surface area contributed by atoms with E-state index in [4.69, 9.17) is 4.74 Å². The summed E-state index contributed by atoms with van der Waals surface area (Å²) in [4.78, 5) is 11.5. The third-order valence-corrected chi connectivity index (χ3v) is 3.55. The summed E-state index contributed by atoms with van der Waals surface area (Å²) >= 11 is 0. The number of methoxy groups -OCH3 is 1. The molecule has 0 N–H and O–H groups in total. The van der Waals surface area contributed by atoms with Gasteiger partial charge in [0.15, 0.2) is 0 Å². The van der Waals surface area contributed by atoms with Crippen LogP contribution in [0.5, 0.6) is 0 Å². The van der Waals surface area contributed by atoms with Crippen LogP contribution < -0.4 is 0 Å². The zero-order valence-corrected chi connectivity index (χ0v) is 13.2. The van der Waals surface area contributed by atoms with Crippen LogP contribution in [0.1, 0.15) is 10.4 Å². The fraction of sp³-hybridized carbons (Fsp3) is 0.0500. The second-order valence-electron chi connectivity index (χ2n) is 5.12. The number of hydrogen-bond acceptors (Lipinski definition) is 4. The fourth-order valence-corrected chi connectivity index (χ4v) is 2.31. The summed E-state index contributed by atoms with van der Waals surface area (Å²) in [6.07, 6.45) is 0. The smallest absolute Gasteiger partial charge is 0.337 e. The van der Waals surface area contributed by atoms with E-state index in [1.165, 1.54) is 7.11 Å². The fourth-order valence-electron chi connectivity index (χ4n) is 2.31. The van der Waals surface area contributed by atoms with E-state index >= 15 is 0 Å². The van der Waals surface area contributed by atoms with Crippen molar-refractivity contribution in [2.75, 3.05) is 7.11 Å². The van der Waals surface area contributed by atoms with Gasteiger partial charge in [-0.3, -0.25) is 0 Å². The van der Waals surface area contributed by atoms with Gasteiger partial charge in [0.25, 0.3) is 0 Å². The van der Waals surface area contributed by atoms with Crippen molar-refractivity contribution in [2.45, 2.75) is 0 Å². The largest absolute Gasteiger partial charge is 0.465 e. The Morgan fingerprint density at radius 2 is 1.46 bits per heavy atom. The highest BCUT2D eigenvalue weighted by atomic mass is 16.5. The number of rotatable bonds is 4. The van der Waals surface area contributed by atoms with Gasteiger partial charge in [0.2, 0.25) is 0 Å². The number of esters is 1. The minimum Gasteiger partial charge on any atom is -0.465 e. The average Bonchev–Trinajstić information content (AvgIpc) is 2.67. The molecule has 0 saturated carbocycles. The molecule has 0 aliphatic rings. The highest BCUT2D eigenvalue weighted by Gasteiger charge is 2.07. The Bertz CT molecular complexity index is 856. The van der Waals surface area contributed by atoms with Gasteiger partial charge in [-0.25, -0.2) is 4.79 Å². The van der Waals surface area contributed by atoms with Crippen molar-refractivity contribution >= 4 is 17.3 Å². The SMILES string of the molecule is COC(=O)c1ccc(-c2ccccc2N=Nc2ccccc2)cc1. The molecule has 24 heavy (non-hydrogen) atoms. The van der Waals surface area contributed by atoms with Gasteiger partial charge in [-0.15, -0.1) is 5.11 Å². The van der Waals surface area contributed by atoms with Crippen LogP contribution >= 0.6 is 0 Å². The molecular weight excluding hydrogens is 300 g/mol. The maximum Gasteiger partial charge on any atom is 0.337 e. The van der Waals surface area contributed by atoms with Crippen LogP contribution in [0.25, 0.3) is 11.1 Å². The number of benzene rings is 3. The molecule has 0 aromatic heterocycles. The van der Waals surface area contributed by atoms with E-state index in [1.807, 2.05) is 66.7 Å². The summed E-state index contributed by atoms with van der Waals surface area (Å²) in [5, 5.41) is 8.63. The van der Waals surface area contributed by atoms with Crippen molar-refractivity contribution in [1.82, 2.24) is 0 Å². The Morgan fingerprint density at radius 3 is 2.17 bits per heavy atom. The number of nitrogens with zero attached hydrogens (tertiary/aromatic N) is 2. The average molecular weight is 316 g/mol. The van der Waals surface area contributed by atoms with Gasteiger partial charge in [-0.1, -0.05) is 48.5 Å². The van der Waals surface area contributed by atoms with Crippen LogP contribution in [0.3, 0.4) is 0 Å². The second kappa shape index (κ2) is 7.33. The maximum absolute atomic E-state index is 11.5. The summed E-state index contributed by atoms with van der Waals surface area (Å²) in [6, 6.07) is 24.6. The number of carbonyl (C=O) groups excluding carboxylic acids is 1. The number of carbonyl (C=O) groups is 1. The molecule has 0 heterocycles. The minimum atomic E-state index is -0.349. The van der Waals surface area contributed by atoms with Gasteiger partial charge in [0, 0.05) is 5.56 Å². The standard InChI is InChI=1S/C20H16N2O2/c1-24-20(23)16-13-11-15(12-14-16)18-9-5-6-10-19(18)22-21-17-7-3-2-4-8-17/h2-14H,1H3. The van der Waals surface area contributed by atoms with E-state index in [9.17, 15) is 4.79 Å². The van der Waals surface area contributed by atoms with Crippen LogP contribution in [-0.4, -0.2) is 13.1 Å². The van der Waals surface area contributed by atoms with Crippen LogP contribution in [-0.2, 0) is 4.74 Å². The van der Waals surface area contributed by atoms with E-state index in [1.54, 1.807) is 12.1 Å². The van der Waals surface area contributed by atoms with E-state index in [0.29, 0.717) is 5.56 Å². The molecular formula is C20H16N2O2. The molecule has 3 rings (SSSR count). The quantitative estimate of drug-likeness (QED) is 0.467. The Kier molecular flexibility index (Phi) is 4.77. The number of ether oxygens (including phenoxy) is 1. The van der Waals surface area contributed by atoms with Crippen molar-refractivity contribution in [1.29, 1.82) is 0 Å². The van der Waals surface area contributed by atoms with Gasteiger partial charge < -0.3 is 4.74 Å². The van der Waals surface area contributed by atoms with Gasteiger partial charge in [-0.2, -0.15) is 5.11 Å². The molecule has 3 aromatic rings. The maximum atomic E-state index is 11.5. The molecule has 0 unspecified atom stereocenters. The Labute approximate surface area is 140 Å². The summed E-state index contributed by atoms with van der Waals surface area (Å²) < 4.78 is 4.72. The Morgan fingerprint density at radius 1 is 0.792 bits per heavy atom. The molecule has 118 valence electrons. The monoisotopic (exact) mass is 316 g/mol. The van der Waals surface area contributed by atoms with Crippen LogP contribution in [0.15, 0.2) is 89.1 Å². The van der Waals surface area contributed by atoms with Gasteiger partial charge in [0.05, 0.1) is 24.0 Å². The first-order valence-corrected chi connectivity index (χ1v) is 7.52. The molecule has 4 heteroatoms. The van der Waals surface area contributed by atoms with Crippen molar-refractivity contribution in [2.24, 2.45) is 10.2 Å². The first-order chi connectivity index (χ1) is 11.8. The molecule has 0 spiro atoms. The lowest BCUT2D eigenvalue weighted by atomic mass is 10.0. The van der Waals surface area contributed by atoms with Crippen LogP contribution in [0.2, 0.25) is 0 Å². The zero-order chi connectivity index (χ0) is 16.8. The molecule has 0 radical (unpaired) electrons. The van der Waals surface area contributed by atoms with Crippen molar-refractivity contribution in [3.63, 3.8) is 0 Å². The summed E-state index contributed by atoms with van der Waals surface area (Å²) in [5.41, 5.74) is 4.00. The van der Waals surface area contributed by atoms with Crippen molar-refractivity contribution in [3.05, 3.63) is 84.4 Å². The lowest BCUT2D eigenvalue weighted by molar-refractivity contribution is 0.0601. The zero-order valence-electron chi connectivity index (χ0n) is 13.2. The summed E-state index contributed by atoms with van der Waals surface area (Å²) in [7, 11) is 1.37. The first kappa shape index (κ1) is 15.6. The first-order valence-electron chi connectivity index (χ1n) is 7.52. The van der Waals surface area contributed by atoms with Gasteiger partial charge in [-0.05, 0) is 35.9 Å². The van der Waals surface area contributed by atoms with Crippen molar-refractivity contribution < 1.29 is 9.53 Å². The van der Waals surface area contributed by atoms with E-state index < -0.39 is 0 Å². The number of azo groups is 1. The van der Waals surface area contributed by atoms with Gasteiger partial charge >= 0.3 is 5.97 Å². The molecule has 0 bridgehead atoms. The molecule has 3 aromatic carbocycles. The van der Waals surface area contributed by atoms with Crippen molar-refractivity contribution in [3.8, 4) is 11.1 Å². The summed E-state index contributed by atoms with van der Waals surface area (Å²) in [6.45, 7) is 0. The predicted octanol–water partition coefficient (Wildman–Crippen LogP) is 5.56. The predicted molar refractivity (Wildman–Crippen MR) is 93.8 cm³/mol. The molecule has 0 amide bonds. The second-order valence-corrected chi connectivity index (χ2v) is 5.12. The third-order valence-electron chi connectivity index (χ3n) is 3.55. The molecule has 0 saturated heterocycles. The highest BCUT2D eigenvalue weighted by Crippen LogP contribution is 2.31. The lowest BCUT2D eigenvalue weighted by Gasteiger charge is -2.06. The molecule has 0 atom stereocenters. The van der Waals surface area contributed by atoms with Crippen LogP contribution in [0.4, 0.5) is 11.4 Å². The lowest BCUT2D eigenvalue weighted by Crippen LogP contribution is -2.00. The highest BCUT2D eigenvalue weighted by molar-refractivity contribution is 5.90. The molecule has 0 fully saturated rings. The van der Waals surface area contributed by atoms with E-state index in [2.05, 4.69) is 10.2 Å². The summed E-state index contributed by atoms with van der Waals surface area (Å²) in [5.74, 6) is -0.349. The molecule has 4 nitrogen and oxygen atoms in total. The van der Waals surface area contributed by atoms with Crippen LogP contribution in [0, 0.1) is 0 Å². The minimum absolute atomic E-state index is 0.349. The Hall–Kier alpha value is -3.27. The molecule has 0 aliphatic carbocycles. The Balaban J connectivity index is 1.92. The normalized spacial score (nSPS) is 10.7. The van der Waals surface area contributed by atoms with E-state index in [0.717, 1.165) is 22.5 Å². The topological polar surface area (TPSA) is 51.0 Å².